The van der Waals surface area contributed by atoms with Crippen LogP contribution in [0.25, 0.3) is 0 Å². The van der Waals surface area contributed by atoms with E-state index in [0.717, 1.165) is 38.9 Å². The van der Waals surface area contributed by atoms with Crippen LogP contribution in [-0.4, -0.2) is 55.4 Å². The fourth-order valence-electron chi connectivity index (χ4n) is 3.44. The molecule has 2 aliphatic heterocycles. The molecule has 3 N–H and O–H groups in total. The monoisotopic (exact) mass is 323 g/mol. The molecule has 23 heavy (non-hydrogen) atoms. The Labute approximate surface area is 135 Å². The minimum absolute atomic E-state index is 0.0667. The molecule has 8 nitrogen and oxygen atoms in total. The standard InChI is InChI=1S/C15H25N5O3/c1-22-9-12-19-13(23-20-12)2-5-17-14(21)11-8-15(10-18-11)3-6-16-7-4-15/h11,16,18H,2-10H2,1H3,(H,17,21)/t11-/m0/s1. The van der Waals surface area contributed by atoms with Gasteiger partial charge in [-0.2, -0.15) is 4.98 Å². The van der Waals surface area contributed by atoms with Crippen molar-refractivity contribution in [2.24, 2.45) is 5.41 Å². The lowest BCUT2D eigenvalue weighted by molar-refractivity contribution is -0.122. The first-order chi connectivity index (χ1) is 11.2. The molecule has 128 valence electrons. The minimum atomic E-state index is -0.0835. The second-order valence-electron chi connectivity index (χ2n) is 6.47. The number of amides is 1. The lowest BCUT2D eigenvalue weighted by Gasteiger charge is -2.33. The maximum atomic E-state index is 12.3. The number of carbonyl (C=O) groups excluding carboxylic acids is 1. The first kappa shape index (κ1) is 16.4. The quantitative estimate of drug-likeness (QED) is 0.655. The van der Waals surface area contributed by atoms with Gasteiger partial charge in [0.2, 0.25) is 11.8 Å². The molecule has 1 amide bonds. The van der Waals surface area contributed by atoms with E-state index in [1.807, 2.05) is 0 Å². The zero-order valence-electron chi connectivity index (χ0n) is 13.6. The Balaban J connectivity index is 1.41. The summed E-state index contributed by atoms with van der Waals surface area (Å²) in [5.74, 6) is 1.11. The number of piperidine rings is 1. The van der Waals surface area contributed by atoms with Gasteiger partial charge in [0.15, 0.2) is 5.82 Å². The fourth-order valence-corrected chi connectivity index (χ4v) is 3.44. The Morgan fingerprint density at radius 1 is 1.48 bits per heavy atom. The van der Waals surface area contributed by atoms with Crippen LogP contribution in [0.4, 0.5) is 0 Å². The molecule has 3 rings (SSSR count). The molecule has 0 aromatic carbocycles. The zero-order valence-corrected chi connectivity index (χ0v) is 13.6. The number of hydrogen-bond acceptors (Lipinski definition) is 7. The van der Waals surface area contributed by atoms with Crippen molar-refractivity contribution < 1.29 is 14.1 Å². The maximum Gasteiger partial charge on any atom is 0.237 e. The number of methoxy groups -OCH3 is 1. The molecule has 2 fully saturated rings. The minimum Gasteiger partial charge on any atom is -0.377 e. The van der Waals surface area contributed by atoms with Crippen LogP contribution < -0.4 is 16.0 Å². The van der Waals surface area contributed by atoms with Gasteiger partial charge in [0.25, 0.3) is 0 Å². The Kier molecular flexibility index (Phi) is 5.24. The van der Waals surface area contributed by atoms with Crippen molar-refractivity contribution in [3.05, 3.63) is 11.7 Å². The maximum absolute atomic E-state index is 12.3. The Bertz CT molecular complexity index is 527. The second-order valence-corrected chi connectivity index (χ2v) is 6.47. The van der Waals surface area contributed by atoms with Crippen molar-refractivity contribution in [2.75, 3.05) is 33.3 Å². The van der Waals surface area contributed by atoms with Crippen molar-refractivity contribution in [2.45, 2.75) is 38.3 Å². The van der Waals surface area contributed by atoms with Crippen LogP contribution >= 0.6 is 0 Å². The van der Waals surface area contributed by atoms with E-state index in [4.69, 9.17) is 9.26 Å². The van der Waals surface area contributed by atoms with Gasteiger partial charge in [-0.25, -0.2) is 0 Å². The Hall–Kier alpha value is -1.51. The molecule has 0 radical (unpaired) electrons. The van der Waals surface area contributed by atoms with Gasteiger partial charge in [0.1, 0.15) is 6.61 Å². The van der Waals surface area contributed by atoms with Crippen molar-refractivity contribution in [3.8, 4) is 0 Å². The van der Waals surface area contributed by atoms with E-state index in [0.29, 0.717) is 36.7 Å². The summed E-state index contributed by atoms with van der Waals surface area (Å²) in [5, 5.41) is 13.5. The van der Waals surface area contributed by atoms with E-state index in [9.17, 15) is 4.79 Å². The van der Waals surface area contributed by atoms with Crippen LogP contribution in [0.2, 0.25) is 0 Å². The molecule has 0 saturated carbocycles. The van der Waals surface area contributed by atoms with Crippen molar-refractivity contribution >= 4 is 5.91 Å². The largest absolute Gasteiger partial charge is 0.377 e. The summed E-state index contributed by atoms with van der Waals surface area (Å²) in [5.41, 5.74) is 0.300. The highest BCUT2D eigenvalue weighted by atomic mass is 16.5. The molecular formula is C15H25N5O3. The Morgan fingerprint density at radius 3 is 3.09 bits per heavy atom. The summed E-state index contributed by atoms with van der Waals surface area (Å²) in [6, 6.07) is -0.0835. The van der Waals surface area contributed by atoms with Crippen molar-refractivity contribution in [3.63, 3.8) is 0 Å². The third-order valence-electron chi connectivity index (χ3n) is 4.76. The van der Waals surface area contributed by atoms with Gasteiger partial charge in [-0.05, 0) is 37.8 Å². The number of hydrogen-bond donors (Lipinski definition) is 3. The topological polar surface area (TPSA) is 101 Å². The number of carbonyl (C=O) groups is 1. The first-order valence-electron chi connectivity index (χ1n) is 8.23. The van der Waals surface area contributed by atoms with Gasteiger partial charge in [-0.3, -0.25) is 4.79 Å². The van der Waals surface area contributed by atoms with Crippen LogP contribution in [0, 0.1) is 5.41 Å². The van der Waals surface area contributed by atoms with Crippen molar-refractivity contribution in [1.29, 1.82) is 0 Å². The SMILES string of the molecule is COCc1noc(CCNC(=O)[C@@H]2CC3(CCNCC3)CN2)n1. The fraction of sp³-hybridized carbons (Fsp3) is 0.800. The molecule has 0 bridgehead atoms. The predicted octanol–water partition coefficient (Wildman–Crippen LogP) is -0.394. The van der Waals surface area contributed by atoms with Gasteiger partial charge in [0, 0.05) is 26.6 Å². The van der Waals surface area contributed by atoms with Crippen LogP contribution in [0.3, 0.4) is 0 Å². The summed E-state index contributed by atoms with van der Waals surface area (Å²) < 4.78 is 10.0. The molecule has 0 unspecified atom stereocenters. The number of rotatable bonds is 6. The molecule has 3 heterocycles. The van der Waals surface area contributed by atoms with E-state index in [1.165, 1.54) is 0 Å². The van der Waals surface area contributed by atoms with E-state index in [-0.39, 0.29) is 11.9 Å². The Morgan fingerprint density at radius 2 is 2.30 bits per heavy atom. The molecular weight excluding hydrogens is 298 g/mol. The van der Waals surface area contributed by atoms with Crippen LogP contribution in [0.15, 0.2) is 4.52 Å². The molecule has 1 spiro atoms. The molecule has 2 aliphatic rings. The lowest BCUT2D eigenvalue weighted by atomic mass is 9.77. The van der Waals surface area contributed by atoms with Crippen LogP contribution in [-0.2, 0) is 22.6 Å². The highest BCUT2D eigenvalue weighted by molar-refractivity contribution is 5.82. The smallest absolute Gasteiger partial charge is 0.237 e. The number of nitrogens with one attached hydrogen (secondary N) is 3. The molecule has 8 heteroatoms. The average molecular weight is 323 g/mol. The van der Waals surface area contributed by atoms with Crippen LogP contribution in [0.5, 0.6) is 0 Å². The van der Waals surface area contributed by atoms with Gasteiger partial charge in [-0.1, -0.05) is 5.16 Å². The predicted molar refractivity (Wildman–Crippen MR) is 82.7 cm³/mol. The van der Waals surface area contributed by atoms with Gasteiger partial charge in [0.05, 0.1) is 6.04 Å². The first-order valence-corrected chi connectivity index (χ1v) is 8.23. The van der Waals surface area contributed by atoms with E-state index in [1.54, 1.807) is 7.11 Å². The summed E-state index contributed by atoms with van der Waals surface area (Å²) >= 11 is 0. The van der Waals surface area contributed by atoms with Crippen molar-refractivity contribution in [1.82, 2.24) is 26.1 Å². The highest BCUT2D eigenvalue weighted by Gasteiger charge is 2.41. The average Bonchev–Trinajstić information content (AvgIpc) is 3.16. The molecule has 1 atom stereocenters. The van der Waals surface area contributed by atoms with Gasteiger partial charge in [-0.15, -0.1) is 0 Å². The van der Waals surface area contributed by atoms with E-state index in [2.05, 4.69) is 26.1 Å². The third-order valence-corrected chi connectivity index (χ3v) is 4.76. The molecule has 1 aromatic heterocycles. The molecule has 2 saturated heterocycles. The lowest BCUT2D eigenvalue weighted by Crippen LogP contribution is -2.41. The summed E-state index contributed by atoms with van der Waals surface area (Å²) in [4.78, 5) is 16.5. The highest BCUT2D eigenvalue weighted by Crippen LogP contribution is 2.37. The van der Waals surface area contributed by atoms with Crippen LogP contribution in [0.1, 0.15) is 31.0 Å². The third kappa shape index (κ3) is 4.07. The summed E-state index contributed by atoms with van der Waals surface area (Å²) in [6.45, 7) is 3.88. The number of nitrogens with zero attached hydrogens (tertiary/aromatic N) is 2. The van der Waals surface area contributed by atoms with Gasteiger partial charge < -0.3 is 25.2 Å². The number of aromatic nitrogens is 2. The summed E-state index contributed by atoms with van der Waals surface area (Å²) in [7, 11) is 1.58. The number of ether oxygens (including phenoxy) is 1. The van der Waals surface area contributed by atoms with E-state index < -0.39 is 0 Å². The normalized spacial score (nSPS) is 23.3. The summed E-state index contributed by atoms with van der Waals surface area (Å²) in [6.07, 6.45) is 3.76. The molecule has 1 aromatic rings. The zero-order chi connectivity index (χ0) is 16.1. The van der Waals surface area contributed by atoms with E-state index >= 15 is 0 Å². The molecule has 0 aliphatic carbocycles. The second kappa shape index (κ2) is 7.37. The van der Waals surface area contributed by atoms with Gasteiger partial charge >= 0.3 is 0 Å².